The number of para-hydroxylation sites is 1. The molecule has 0 bridgehead atoms. The van der Waals surface area contributed by atoms with Crippen molar-refractivity contribution in [3.8, 4) is 11.5 Å². The fraction of sp³-hybridized carbons (Fsp3) is 0.562. The summed E-state index contributed by atoms with van der Waals surface area (Å²) in [5, 5.41) is 2.66. The minimum absolute atomic E-state index is 0. The third-order valence-electron chi connectivity index (χ3n) is 3.29. The molecule has 1 aromatic rings. The lowest BCUT2D eigenvalue weighted by atomic mass is 9.96. The van der Waals surface area contributed by atoms with Gasteiger partial charge >= 0.3 is 6.61 Å². The predicted octanol–water partition coefficient (Wildman–Crippen LogP) is 3.24. The Balaban J connectivity index is 0.00000529. The fourth-order valence-electron chi connectivity index (χ4n) is 2.20. The highest BCUT2D eigenvalue weighted by molar-refractivity contribution is 5.85. The Kier molecular flexibility index (Phi) is 9.62. The third-order valence-corrected chi connectivity index (χ3v) is 3.29. The van der Waals surface area contributed by atoms with Gasteiger partial charge in [-0.15, -0.1) is 12.4 Å². The molecule has 24 heavy (non-hydrogen) atoms. The number of nitrogens with one attached hydrogen (secondary N) is 1. The Morgan fingerprint density at radius 2 is 2.04 bits per heavy atom. The first-order valence-electron chi connectivity index (χ1n) is 7.58. The number of benzene rings is 1. The van der Waals surface area contributed by atoms with Gasteiger partial charge in [0, 0.05) is 12.1 Å². The van der Waals surface area contributed by atoms with Gasteiger partial charge in [-0.2, -0.15) is 8.78 Å². The standard InChI is InChI=1S/C16H24F2N2O3.ClH/c1-4-9-16(3,19)14(21)20-10-11-7-6-8-12(22-5-2)13(11)23-15(17)18;/h6-8,15H,4-5,9-10,19H2,1-3H3,(H,20,21);1H. The molecule has 0 aromatic heterocycles. The second-order valence-electron chi connectivity index (χ2n) is 5.41. The molecule has 1 rings (SSSR count). The molecular weight excluding hydrogens is 342 g/mol. The summed E-state index contributed by atoms with van der Waals surface area (Å²) in [6, 6.07) is 4.78. The number of alkyl halides is 2. The van der Waals surface area contributed by atoms with Gasteiger partial charge < -0.3 is 20.5 Å². The average molecular weight is 367 g/mol. The highest BCUT2D eigenvalue weighted by Gasteiger charge is 2.27. The summed E-state index contributed by atoms with van der Waals surface area (Å²) in [7, 11) is 0. The first-order valence-corrected chi connectivity index (χ1v) is 7.58. The minimum Gasteiger partial charge on any atom is -0.490 e. The van der Waals surface area contributed by atoms with Crippen LogP contribution in [0.15, 0.2) is 18.2 Å². The zero-order valence-corrected chi connectivity index (χ0v) is 14.9. The summed E-state index contributed by atoms with van der Waals surface area (Å²) < 4.78 is 35.1. The van der Waals surface area contributed by atoms with E-state index >= 15 is 0 Å². The van der Waals surface area contributed by atoms with Crippen molar-refractivity contribution in [1.82, 2.24) is 5.32 Å². The summed E-state index contributed by atoms with van der Waals surface area (Å²) in [5.41, 5.74) is 5.34. The molecule has 0 radical (unpaired) electrons. The highest BCUT2D eigenvalue weighted by atomic mass is 35.5. The third kappa shape index (κ3) is 6.49. The molecule has 0 heterocycles. The first-order chi connectivity index (χ1) is 10.8. The summed E-state index contributed by atoms with van der Waals surface area (Å²) in [4.78, 5) is 12.1. The lowest BCUT2D eigenvalue weighted by molar-refractivity contribution is -0.126. The van der Waals surface area contributed by atoms with Crippen molar-refractivity contribution < 1.29 is 23.0 Å². The van der Waals surface area contributed by atoms with Crippen molar-refractivity contribution in [2.24, 2.45) is 5.73 Å². The van der Waals surface area contributed by atoms with Crippen LogP contribution in [0, 0.1) is 0 Å². The predicted molar refractivity (Wildman–Crippen MR) is 90.8 cm³/mol. The molecule has 0 saturated carbocycles. The van der Waals surface area contributed by atoms with Gasteiger partial charge in [0.05, 0.1) is 12.1 Å². The number of carbonyl (C=O) groups is 1. The molecule has 5 nitrogen and oxygen atoms in total. The number of rotatable bonds is 9. The fourth-order valence-corrected chi connectivity index (χ4v) is 2.20. The molecule has 3 N–H and O–H groups in total. The number of hydrogen-bond acceptors (Lipinski definition) is 4. The van der Waals surface area contributed by atoms with Gasteiger partial charge in [-0.05, 0) is 26.3 Å². The van der Waals surface area contributed by atoms with Crippen LogP contribution in [0.4, 0.5) is 8.78 Å². The van der Waals surface area contributed by atoms with Crippen LogP contribution in [0.3, 0.4) is 0 Å². The van der Waals surface area contributed by atoms with Crippen LogP contribution in [-0.4, -0.2) is 24.7 Å². The largest absolute Gasteiger partial charge is 0.490 e. The molecule has 0 spiro atoms. The molecule has 0 aliphatic heterocycles. The van der Waals surface area contributed by atoms with Gasteiger partial charge in [-0.3, -0.25) is 4.79 Å². The molecule has 1 aromatic carbocycles. The molecule has 138 valence electrons. The van der Waals surface area contributed by atoms with E-state index in [1.54, 1.807) is 26.0 Å². The van der Waals surface area contributed by atoms with Crippen molar-refractivity contribution in [3.63, 3.8) is 0 Å². The average Bonchev–Trinajstić information content (AvgIpc) is 2.47. The number of hydrogen-bond donors (Lipinski definition) is 2. The van der Waals surface area contributed by atoms with Gasteiger partial charge in [0.25, 0.3) is 0 Å². The molecule has 0 fully saturated rings. The van der Waals surface area contributed by atoms with E-state index in [1.807, 2.05) is 6.92 Å². The number of ether oxygens (including phenoxy) is 2. The maximum Gasteiger partial charge on any atom is 0.387 e. The monoisotopic (exact) mass is 366 g/mol. The van der Waals surface area contributed by atoms with Crippen LogP contribution in [0.2, 0.25) is 0 Å². The number of halogens is 3. The topological polar surface area (TPSA) is 73.6 Å². The molecule has 0 saturated heterocycles. The molecule has 1 atom stereocenters. The van der Waals surface area contributed by atoms with E-state index in [0.717, 1.165) is 6.42 Å². The van der Waals surface area contributed by atoms with Crippen LogP contribution in [0.1, 0.15) is 39.2 Å². The summed E-state index contributed by atoms with van der Waals surface area (Å²) in [6.07, 6.45) is 1.29. The maximum atomic E-state index is 12.6. The number of nitrogens with two attached hydrogens (primary N) is 1. The Labute approximate surface area is 147 Å². The van der Waals surface area contributed by atoms with E-state index in [2.05, 4.69) is 10.1 Å². The lowest BCUT2D eigenvalue weighted by Gasteiger charge is -2.23. The maximum absolute atomic E-state index is 12.6. The van der Waals surface area contributed by atoms with Gasteiger partial charge in [-0.1, -0.05) is 25.5 Å². The van der Waals surface area contributed by atoms with E-state index in [-0.39, 0.29) is 36.4 Å². The van der Waals surface area contributed by atoms with E-state index in [1.165, 1.54) is 6.07 Å². The SMILES string of the molecule is CCCC(C)(N)C(=O)NCc1cccc(OCC)c1OC(F)F.Cl. The second kappa shape index (κ2) is 10.3. The first kappa shape index (κ1) is 22.4. The van der Waals surface area contributed by atoms with Crippen molar-refractivity contribution in [1.29, 1.82) is 0 Å². The summed E-state index contributed by atoms with van der Waals surface area (Å²) in [6.45, 7) is 2.67. The van der Waals surface area contributed by atoms with Crippen molar-refractivity contribution in [2.75, 3.05) is 6.61 Å². The molecule has 8 heteroatoms. The number of carbonyl (C=O) groups excluding carboxylic acids is 1. The van der Waals surface area contributed by atoms with Crippen LogP contribution in [0.5, 0.6) is 11.5 Å². The van der Waals surface area contributed by atoms with Crippen molar-refractivity contribution >= 4 is 18.3 Å². The van der Waals surface area contributed by atoms with Crippen LogP contribution in [0.25, 0.3) is 0 Å². The van der Waals surface area contributed by atoms with E-state index in [9.17, 15) is 13.6 Å². The van der Waals surface area contributed by atoms with E-state index in [0.29, 0.717) is 18.6 Å². The Hall–Kier alpha value is -1.60. The normalized spacial score (nSPS) is 13.0. The van der Waals surface area contributed by atoms with Gasteiger partial charge in [0.1, 0.15) is 0 Å². The van der Waals surface area contributed by atoms with Crippen molar-refractivity contribution in [2.45, 2.75) is 52.3 Å². The van der Waals surface area contributed by atoms with E-state index < -0.39 is 12.2 Å². The van der Waals surface area contributed by atoms with Crippen molar-refractivity contribution in [3.05, 3.63) is 23.8 Å². The van der Waals surface area contributed by atoms with Gasteiger partial charge in [0.15, 0.2) is 11.5 Å². The van der Waals surface area contributed by atoms with E-state index in [4.69, 9.17) is 10.5 Å². The molecule has 0 aliphatic rings. The second-order valence-corrected chi connectivity index (χ2v) is 5.41. The Morgan fingerprint density at radius 1 is 1.38 bits per heavy atom. The molecule has 1 amide bonds. The van der Waals surface area contributed by atoms with Gasteiger partial charge in [0.2, 0.25) is 5.91 Å². The van der Waals surface area contributed by atoms with Crippen LogP contribution < -0.4 is 20.5 Å². The van der Waals surface area contributed by atoms with Crippen LogP contribution in [-0.2, 0) is 11.3 Å². The van der Waals surface area contributed by atoms with Crippen LogP contribution >= 0.6 is 12.4 Å². The molecule has 1 unspecified atom stereocenters. The Morgan fingerprint density at radius 3 is 2.58 bits per heavy atom. The smallest absolute Gasteiger partial charge is 0.387 e. The lowest BCUT2D eigenvalue weighted by Crippen LogP contribution is -2.51. The molecular formula is C16H25ClF2N2O3. The highest BCUT2D eigenvalue weighted by Crippen LogP contribution is 2.32. The summed E-state index contributed by atoms with van der Waals surface area (Å²) in [5.74, 6) is -0.202. The zero-order chi connectivity index (χ0) is 17.5. The Bertz CT molecular complexity index is 528. The number of amides is 1. The zero-order valence-electron chi connectivity index (χ0n) is 14.1. The van der Waals surface area contributed by atoms with Gasteiger partial charge in [-0.25, -0.2) is 0 Å². The summed E-state index contributed by atoms with van der Waals surface area (Å²) >= 11 is 0. The molecule has 0 aliphatic carbocycles. The quantitative estimate of drug-likeness (QED) is 0.703. The minimum atomic E-state index is -2.98.